The Hall–Kier alpha value is -2.29. The molecule has 6 nitrogen and oxygen atoms in total. The molecule has 3 N–H and O–H groups in total. The van der Waals surface area contributed by atoms with Crippen molar-refractivity contribution in [2.75, 3.05) is 25.0 Å². The zero-order valence-corrected chi connectivity index (χ0v) is 20.5. The van der Waals surface area contributed by atoms with Crippen molar-refractivity contribution in [1.29, 1.82) is 0 Å². The number of benzene rings is 2. The van der Waals surface area contributed by atoms with E-state index in [1.165, 1.54) is 12.5 Å². The van der Waals surface area contributed by atoms with Gasteiger partial charge in [-0.25, -0.2) is 4.99 Å². The number of aryl methyl sites for hydroxylation is 1. The number of amides is 1. The van der Waals surface area contributed by atoms with E-state index in [2.05, 4.69) is 20.9 Å². The van der Waals surface area contributed by atoms with Crippen LogP contribution < -0.4 is 20.7 Å². The normalized spacial score (nSPS) is 11.8. The number of nitrogens with zero attached hydrogens (tertiary/aromatic N) is 1. The third kappa shape index (κ3) is 9.47. The molecule has 1 unspecified atom stereocenters. The first-order valence-corrected chi connectivity index (χ1v) is 10.1. The summed E-state index contributed by atoms with van der Waals surface area (Å²) in [6.45, 7) is 9.74. The number of carbonyl (C=O) groups is 1. The van der Waals surface area contributed by atoms with Gasteiger partial charge in [0, 0.05) is 25.7 Å². The molecule has 2 aromatic carbocycles. The molecule has 0 aromatic heterocycles. The summed E-state index contributed by atoms with van der Waals surface area (Å²) in [6, 6.07) is 15.9. The lowest BCUT2D eigenvalue weighted by atomic mass is 10.1. The molecule has 0 radical (unpaired) electrons. The van der Waals surface area contributed by atoms with Gasteiger partial charge in [-0.05, 0) is 56.5 Å². The third-order valence-electron chi connectivity index (χ3n) is 4.25. The first-order valence-electron chi connectivity index (χ1n) is 10.1. The maximum atomic E-state index is 11.1. The van der Waals surface area contributed by atoms with Gasteiger partial charge in [0.15, 0.2) is 5.96 Å². The van der Waals surface area contributed by atoms with E-state index in [9.17, 15) is 4.79 Å². The van der Waals surface area contributed by atoms with Crippen molar-refractivity contribution in [2.24, 2.45) is 4.99 Å². The van der Waals surface area contributed by atoms with Gasteiger partial charge in [0.1, 0.15) is 11.9 Å². The first kappa shape index (κ1) is 25.7. The zero-order valence-electron chi connectivity index (χ0n) is 18.2. The van der Waals surface area contributed by atoms with Gasteiger partial charge in [0.25, 0.3) is 0 Å². The average Bonchev–Trinajstić information content (AvgIpc) is 2.69. The van der Waals surface area contributed by atoms with E-state index in [-0.39, 0.29) is 36.0 Å². The molecule has 0 saturated carbocycles. The van der Waals surface area contributed by atoms with E-state index in [1.54, 1.807) is 0 Å². The Morgan fingerprint density at radius 2 is 1.80 bits per heavy atom. The second kappa shape index (κ2) is 13.8. The second-order valence-corrected chi connectivity index (χ2v) is 6.97. The van der Waals surface area contributed by atoms with E-state index in [1.807, 2.05) is 69.3 Å². The van der Waals surface area contributed by atoms with Crippen LogP contribution in [0.2, 0.25) is 0 Å². The molecular weight excluding hydrogens is 491 g/mol. The molecular formula is C23H33IN4O2. The van der Waals surface area contributed by atoms with Crippen molar-refractivity contribution in [1.82, 2.24) is 10.6 Å². The van der Waals surface area contributed by atoms with E-state index >= 15 is 0 Å². The number of nitrogens with one attached hydrogen (secondary N) is 3. The molecule has 1 amide bonds. The Morgan fingerprint density at radius 1 is 1.10 bits per heavy atom. The van der Waals surface area contributed by atoms with Gasteiger partial charge in [0.05, 0.1) is 6.54 Å². The van der Waals surface area contributed by atoms with Crippen molar-refractivity contribution >= 4 is 41.5 Å². The molecule has 0 bridgehead atoms. The maximum Gasteiger partial charge on any atom is 0.221 e. The summed E-state index contributed by atoms with van der Waals surface area (Å²) >= 11 is 0. The van der Waals surface area contributed by atoms with Crippen molar-refractivity contribution in [3.8, 4) is 5.75 Å². The fraction of sp³-hybridized carbons (Fsp3) is 0.391. The summed E-state index contributed by atoms with van der Waals surface area (Å²) in [6.07, 6.45) is 0.841. The Morgan fingerprint density at radius 3 is 2.43 bits per heavy atom. The predicted octanol–water partition coefficient (Wildman–Crippen LogP) is 4.14. The van der Waals surface area contributed by atoms with Gasteiger partial charge < -0.3 is 20.7 Å². The smallest absolute Gasteiger partial charge is 0.221 e. The molecule has 1 atom stereocenters. The minimum atomic E-state index is -0.0634. The van der Waals surface area contributed by atoms with Gasteiger partial charge in [0.2, 0.25) is 5.91 Å². The molecule has 0 aliphatic heterocycles. The molecule has 2 rings (SSSR count). The summed E-state index contributed by atoms with van der Waals surface area (Å²) in [5, 5.41) is 9.40. The van der Waals surface area contributed by atoms with E-state index in [0.29, 0.717) is 6.54 Å². The Bertz CT molecular complexity index is 809. The fourth-order valence-electron chi connectivity index (χ4n) is 2.79. The number of hydrogen-bond donors (Lipinski definition) is 3. The number of rotatable bonds is 9. The molecule has 0 saturated heterocycles. The highest BCUT2D eigenvalue weighted by Crippen LogP contribution is 2.17. The first-order chi connectivity index (χ1) is 14.0. The summed E-state index contributed by atoms with van der Waals surface area (Å²) in [5.41, 5.74) is 3.13. The second-order valence-electron chi connectivity index (χ2n) is 6.97. The number of aliphatic imine (C=N–C) groups is 1. The molecule has 0 spiro atoms. The van der Waals surface area contributed by atoms with Crippen molar-refractivity contribution in [3.63, 3.8) is 0 Å². The number of guanidine groups is 1. The van der Waals surface area contributed by atoms with E-state index in [4.69, 9.17) is 4.74 Å². The summed E-state index contributed by atoms with van der Waals surface area (Å²) in [5.74, 6) is 1.62. The lowest BCUT2D eigenvalue weighted by Gasteiger charge is -2.16. The van der Waals surface area contributed by atoms with E-state index < -0.39 is 0 Å². The van der Waals surface area contributed by atoms with Gasteiger partial charge in [-0.15, -0.1) is 24.0 Å². The SMILES string of the molecule is CCNC(=NCC(C)Oc1ccccc1C)NCCc1ccc(NC(C)=O)cc1.I. The number of para-hydroxylation sites is 1. The Kier molecular flexibility index (Phi) is 11.9. The number of ether oxygens (including phenoxy) is 1. The van der Waals surface area contributed by atoms with Crippen LogP contribution in [0.4, 0.5) is 5.69 Å². The van der Waals surface area contributed by atoms with Crippen LogP contribution in [-0.4, -0.2) is 37.6 Å². The molecule has 2 aromatic rings. The van der Waals surface area contributed by atoms with Crippen LogP contribution >= 0.6 is 24.0 Å². The number of carbonyl (C=O) groups excluding carboxylic acids is 1. The highest BCUT2D eigenvalue weighted by Gasteiger charge is 2.06. The summed E-state index contributed by atoms with van der Waals surface area (Å²) in [7, 11) is 0. The van der Waals surface area contributed by atoms with Crippen molar-refractivity contribution < 1.29 is 9.53 Å². The maximum absolute atomic E-state index is 11.1. The van der Waals surface area contributed by atoms with Crippen LogP contribution in [0, 0.1) is 6.92 Å². The monoisotopic (exact) mass is 524 g/mol. The van der Waals surface area contributed by atoms with Crippen LogP contribution in [0.5, 0.6) is 5.75 Å². The molecule has 0 heterocycles. The molecule has 0 aliphatic rings. The van der Waals surface area contributed by atoms with E-state index in [0.717, 1.165) is 42.5 Å². The minimum Gasteiger partial charge on any atom is -0.489 e. The quantitative estimate of drug-likeness (QED) is 0.262. The number of halogens is 1. The molecule has 30 heavy (non-hydrogen) atoms. The predicted molar refractivity (Wildman–Crippen MR) is 135 cm³/mol. The van der Waals surface area contributed by atoms with Gasteiger partial charge >= 0.3 is 0 Å². The lowest BCUT2D eigenvalue weighted by molar-refractivity contribution is -0.114. The minimum absolute atomic E-state index is 0. The number of anilines is 1. The highest BCUT2D eigenvalue weighted by atomic mass is 127. The van der Waals surface area contributed by atoms with Gasteiger partial charge in [-0.3, -0.25) is 4.79 Å². The molecule has 7 heteroatoms. The van der Waals surface area contributed by atoms with Crippen LogP contribution in [0.1, 0.15) is 31.9 Å². The third-order valence-corrected chi connectivity index (χ3v) is 4.25. The Labute approximate surface area is 196 Å². The van der Waals surface area contributed by atoms with Crippen LogP contribution in [0.3, 0.4) is 0 Å². The van der Waals surface area contributed by atoms with Crippen molar-refractivity contribution in [3.05, 3.63) is 59.7 Å². The average molecular weight is 524 g/mol. The molecule has 0 fully saturated rings. The van der Waals surface area contributed by atoms with Gasteiger partial charge in [-0.1, -0.05) is 30.3 Å². The topological polar surface area (TPSA) is 74.8 Å². The summed E-state index contributed by atoms with van der Waals surface area (Å²) in [4.78, 5) is 15.7. The number of hydrogen-bond acceptors (Lipinski definition) is 3. The summed E-state index contributed by atoms with van der Waals surface area (Å²) < 4.78 is 5.99. The molecule has 164 valence electrons. The van der Waals surface area contributed by atoms with Crippen LogP contribution in [0.25, 0.3) is 0 Å². The zero-order chi connectivity index (χ0) is 21.1. The Balaban J connectivity index is 0.00000450. The van der Waals surface area contributed by atoms with Crippen LogP contribution in [0.15, 0.2) is 53.5 Å². The standard InChI is InChI=1S/C23H32N4O2.HI/c1-5-24-23(26-16-18(3)29-22-9-7-6-8-17(22)2)25-15-14-20-10-12-21(13-11-20)27-19(4)28;/h6-13,18H,5,14-16H2,1-4H3,(H,27,28)(H2,24,25,26);1H. The lowest BCUT2D eigenvalue weighted by Crippen LogP contribution is -2.39. The van der Waals surface area contributed by atoms with Crippen molar-refractivity contribution in [2.45, 2.75) is 40.2 Å². The molecule has 0 aliphatic carbocycles. The highest BCUT2D eigenvalue weighted by molar-refractivity contribution is 14.0. The largest absolute Gasteiger partial charge is 0.489 e. The van der Waals surface area contributed by atoms with Gasteiger partial charge in [-0.2, -0.15) is 0 Å². The van der Waals surface area contributed by atoms with Crippen LogP contribution in [-0.2, 0) is 11.2 Å². The fourth-order valence-corrected chi connectivity index (χ4v) is 2.79.